The molecule has 0 saturated heterocycles. The van der Waals surface area contributed by atoms with Crippen molar-refractivity contribution in [3.05, 3.63) is 0 Å². The Morgan fingerprint density at radius 2 is 1.58 bits per heavy atom. The van der Waals surface area contributed by atoms with Crippen LogP contribution >= 0.6 is 0 Å². The fourth-order valence-corrected chi connectivity index (χ4v) is 3.87. The predicted molar refractivity (Wildman–Crippen MR) is 76.5 cm³/mol. The van der Waals surface area contributed by atoms with Crippen LogP contribution in [0.4, 0.5) is 0 Å². The molecule has 0 fully saturated rings. The third-order valence-corrected chi connectivity index (χ3v) is 4.19. The molecule has 0 saturated carbocycles. The highest BCUT2D eigenvalue weighted by Gasteiger charge is 2.28. The smallest absolute Gasteiger partial charge is 0.304 e. The second-order valence-corrected chi connectivity index (χ2v) is 9.25. The van der Waals surface area contributed by atoms with Gasteiger partial charge in [-0.15, -0.1) is 0 Å². The summed E-state index contributed by atoms with van der Waals surface area (Å²) in [5.74, 6) is -1.01. The number of nitrogens with one attached hydrogen (secondary N) is 1. The lowest BCUT2D eigenvalue weighted by atomic mass is 9.87. The molecule has 0 aromatic rings. The third-order valence-electron chi connectivity index (χ3n) is 2.25. The highest BCUT2D eigenvalue weighted by Crippen LogP contribution is 2.23. The van der Waals surface area contributed by atoms with E-state index < -0.39 is 22.0 Å². The number of hydrogen-bond donors (Lipinski definition) is 2. The van der Waals surface area contributed by atoms with Crippen LogP contribution in [0.5, 0.6) is 0 Å². The summed E-state index contributed by atoms with van der Waals surface area (Å²) < 4.78 is 26.6. The Kier molecular flexibility index (Phi) is 6.02. The number of rotatable bonds is 6. The van der Waals surface area contributed by atoms with Gasteiger partial charge in [0.2, 0.25) is 10.0 Å². The van der Waals surface area contributed by atoms with Crippen molar-refractivity contribution in [3.63, 3.8) is 0 Å². The van der Waals surface area contributed by atoms with Crippen molar-refractivity contribution in [1.29, 1.82) is 0 Å². The molecule has 0 radical (unpaired) electrons. The minimum Gasteiger partial charge on any atom is -0.481 e. The van der Waals surface area contributed by atoms with E-state index in [2.05, 4.69) is 4.72 Å². The van der Waals surface area contributed by atoms with E-state index in [-0.39, 0.29) is 23.0 Å². The molecule has 1 atom stereocenters. The minimum absolute atomic E-state index is 0.0136. The van der Waals surface area contributed by atoms with Gasteiger partial charge >= 0.3 is 5.97 Å². The molecular formula is C13H27NO4S. The highest BCUT2D eigenvalue weighted by molar-refractivity contribution is 7.89. The first kappa shape index (κ1) is 18.4. The summed E-state index contributed by atoms with van der Waals surface area (Å²) >= 11 is 0. The molecule has 19 heavy (non-hydrogen) atoms. The van der Waals surface area contributed by atoms with E-state index in [1.165, 1.54) is 0 Å². The Bertz CT molecular complexity index is 401. The maximum absolute atomic E-state index is 12.0. The van der Waals surface area contributed by atoms with Gasteiger partial charge in [-0.3, -0.25) is 4.79 Å². The second kappa shape index (κ2) is 6.22. The van der Waals surface area contributed by atoms with Gasteiger partial charge in [0.25, 0.3) is 0 Å². The molecule has 0 heterocycles. The van der Waals surface area contributed by atoms with E-state index in [9.17, 15) is 13.2 Å². The molecule has 0 aromatic heterocycles. The molecule has 6 heteroatoms. The van der Waals surface area contributed by atoms with Gasteiger partial charge in [-0.2, -0.15) is 0 Å². The van der Waals surface area contributed by atoms with Gasteiger partial charge in [-0.1, -0.05) is 41.5 Å². The summed E-state index contributed by atoms with van der Waals surface area (Å²) in [5.41, 5.74) is -0.494. The summed E-state index contributed by atoms with van der Waals surface area (Å²) in [6.07, 6.45) is 0.295. The van der Waals surface area contributed by atoms with E-state index >= 15 is 0 Å². The van der Waals surface area contributed by atoms with Gasteiger partial charge in [0, 0.05) is 6.04 Å². The van der Waals surface area contributed by atoms with Crippen LogP contribution in [-0.2, 0) is 14.8 Å². The summed E-state index contributed by atoms with van der Waals surface area (Å²) in [5, 5.41) is 8.88. The fraction of sp³-hybridized carbons (Fsp3) is 0.923. The third kappa shape index (κ3) is 10.9. The van der Waals surface area contributed by atoms with E-state index in [0.717, 1.165) is 0 Å². The van der Waals surface area contributed by atoms with Crippen LogP contribution in [0.15, 0.2) is 0 Å². The van der Waals surface area contributed by atoms with Gasteiger partial charge in [0.1, 0.15) is 0 Å². The first-order valence-electron chi connectivity index (χ1n) is 6.42. The molecule has 0 aliphatic carbocycles. The SMILES string of the molecule is CC(C)(C)CC(CC(=O)O)NS(=O)(=O)CC(C)(C)C. The Balaban J connectivity index is 4.86. The Morgan fingerprint density at radius 1 is 1.11 bits per heavy atom. The minimum atomic E-state index is -3.47. The van der Waals surface area contributed by atoms with E-state index in [1.54, 1.807) is 0 Å². The van der Waals surface area contributed by atoms with Gasteiger partial charge in [0.05, 0.1) is 12.2 Å². The zero-order chi connectivity index (χ0) is 15.5. The number of hydrogen-bond acceptors (Lipinski definition) is 3. The second-order valence-electron chi connectivity index (χ2n) is 7.50. The maximum Gasteiger partial charge on any atom is 0.304 e. The Hall–Kier alpha value is -0.620. The van der Waals surface area contributed by atoms with Crippen LogP contribution in [0, 0.1) is 10.8 Å². The number of carbonyl (C=O) groups is 1. The molecule has 0 bridgehead atoms. The monoisotopic (exact) mass is 293 g/mol. The number of sulfonamides is 1. The van der Waals surface area contributed by atoms with Crippen molar-refractivity contribution < 1.29 is 18.3 Å². The zero-order valence-electron chi connectivity index (χ0n) is 12.8. The molecule has 0 aromatic carbocycles. The lowest BCUT2D eigenvalue weighted by Crippen LogP contribution is -2.42. The number of aliphatic carboxylic acids is 1. The molecule has 114 valence electrons. The molecule has 0 rings (SSSR count). The largest absolute Gasteiger partial charge is 0.481 e. The summed E-state index contributed by atoms with van der Waals surface area (Å²) in [7, 11) is -3.47. The maximum atomic E-state index is 12.0. The van der Waals surface area contributed by atoms with Crippen molar-refractivity contribution in [2.45, 2.75) is 60.4 Å². The highest BCUT2D eigenvalue weighted by atomic mass is 32.2. The van der Waals surface area contributed by atoms with Crippen molar-refractivity contribution in [2.75, 3.05) is 5.75 Å². The molecular weight excluding hydrogens is 266 g/mol. The lowest BCUT2D eigenvalue weighted by Gasteiger charge is -2.27. The van der Waals surface area contributed by atoms with Crippen LogP contribution in [0.2, 0.25) is 0 Å². The molecule has 0 aliphatic heterocycles. The van der Waals surface area contributed by atoms with Crippen LogP contribution in [0.1, 0.15) is 54.4 Å². The average molecular weight is 293 g/mol. The van der Waals surface area contributed by atoms with Crippen molar-refractivity contribution in [1.82, 2.24) is 4.72 Å². The molecule has 2 N–H and O–H groups in total. The Morgan fingerprint density at radius 3 is 1.89 bits per heavy atom. The quantitative estimate of drug-likeness (QED) is 0.786. The van der Waals surface area contributed by atoms with Crippen molar-refractivity contribution in [2.24, 2.45) is 10.8 Å². The van der Waals surface area contributed by atoms with E-state index in [0.29, 0.717) is 6.42 Å². The van der Waals surface area contributed by atoms with Gasteiger partial charge in [-0.25, -0.2) is 13.1 Å². The standard InChI is InChI=1S/C13H27NO4S/c1-12(2,3)8-10(7-11(15)16)14-19(17,18)9-13(4,5)6/h10,14H,7-9H2,1-6H3,(H,15,16). The zero-order valence-corrected chi connectivity index (χ0v) is 13.6. The predicted octanol–water partition coefficient (Wildman–Crippen LogP) is 2.23. The van der Waals surface area contributed by atoms with Crippen molar-refractivity contribution in [3.8, 4) is 0 Å². The topological polar surface area (TPSA) is 83.5 Å². The van der Waals surface area contributed by atoms with E-state index in [1.807, 2.05) is 41.5 Å². The van der Waals surface area contributed by atoms with Crippen LogP contribution in [0.25, 0.3) is 0 Å². The molecule has 0 amide bonds. The number of carboxylic acids is 1. The van der Waals surface area contributed by atoms with Crippen LogP contribution < -0.4 is 4.72 Å². The van der Waals surface area contributed by atoms with Gasteiger partial charge < -0.3 is 5.11 Å². The van der Waals surface area contributed by atoms with E-state index in [4.69, 9.17) is 5.11 Å². The summed E-state index contributed by atoms with van der Waals surface area (Å²) in [4.78, 5) is 10.8. The lowest BCUT2D eigenvalue weighted by molar-refractivity contribution is -0.137. The normalized spacial score (nSPS) is 15.3. The fourth-order valence-electron chi connectivity index (χ4n) is 1.97. The van der Waals surface area contributed by atoms with Crippen molar-refractivity contribution >= 4 is 16.0 Å². The number of carboxylic acid groups (broad SMARTS) is 1. The summed E-state index contributed by atoms with van der Waals surface area (Å²) in [6.45, 7) is 11.4. The average Bonchev–Trinajstić information content (AvgIpc) is 1.89. The first-order valence-corrected chi connectivity index (χ1v) is 8.07. The first-order chi connectivity index (χ1) is 8.20. The molecule has 0 aliphatic rings. The summed E-state index contributed by atoms with van der Waals surface area (Å²) in [6, 6.07) is -0.565. The molecule has 0 spiro atoms. The van der Waals surface area contributed by atoms with Gasteiger partial charge in [-0.05, 0) is 17.3 Å². The molecule has 1 unspecified atom stereocenters. The molecule has 5 nitrogen and oxygen atoms in total. The Labute approximate surface area is 116 Å². The van der Waals surface area contributed by atoms with Crippen LogP contribution in [0.3, 0.4) is 0 Å². The van der Waals surface area contributed by atoms with Gasteiger partial charge in [0.15, 0.2) is 0 Å². The van der Waals surface area contributed by atoms with Crippen LogP contribution in [-0.4, -0.2) is 31.3 Å².